The van der Waals surface area contributed by atoms with Crippen LogP contribution in [0.3, 0.4) is 0 Å². The highest BCUT2D eigenvalue weighted by atomic mass is 19.1. The van der Waals surface area contributed by atoms with Gasteiger partial charge < -0.3 is 15.4 Å². The minimum absolute atomic E-state index is 0.168. The fraction of sp³-hybridized carbons (Fsp3) is 0.375. The molecule has 22 heavy (non-hydrogen) atoms. The molecule has 1 amide bonds. The molecule has 116 valence electrons. The lowest BCUT2D eigenvalue weighted by molar-refractivity contribution is 0.0826. The molecule has 3 N–H and O–H groups in total. The lowest BCUT2D eigenvalue weighted by atomic mass is 9.96. The quantitative estimate of drug-likeness (QED) is 0.801. The van der Waals surface area contributed by atoms with Gasteiger partial charge in [-0.1, -0.05) is 0 Å². The first-order valence-corrected chi connectivity index (χ1v) is 7.19. The van der Waals surface area contributed by atoms with E-state index in [4.69, 9.17) is 0 Å². The molecule has 1 aliphatic carbocycles. The standard InChI is InChI=1S/C16H17FN2O3/c1-16(8-20,9-2-3-9)19-15(22)12-7-14(21)18-13-6-10(17)4-5-11(12)13/h4-7,9,20H,2-3,8H2,1H3,(H,18,21)(H,19,22). The number of aliphatic hydroxyl groups is 1. The number of H-pyrrole nitrogens is 1. The van der Waals surface area contributed by atoms with Gasteiger partial charge in [0.25, 0.3) is 5.91 Å². The Kier molecular flexibility index (Phi) is 3.48. The van der Waals surface area contributed by atoms with E-state index in [0.29, 0.717) is 5.39 Å². The molecule has 0 spiro atoms. The van der Waals surface area contributed by atoms with Gasteiger partial charge in [0.15, 0.2) is 0 Å². The van der Waals surface area contributed by atoms with Crippen molar-refractivity contribution >= 4 is 16.8 Å². The fourth-order valence-electron chi connectivity index (χ4n) is 2.74. The zero-order valence-electron chi connectivity index (χ0n) is 12.1. The molecule has 1 fully saturated rings. The molecule has 1 aliphatic rings. The minimum atomic E-state index is -0.702. The van der Waals surface area contributed by atoms with Crippen LogP contribution in [-0.2, 0) is 0 Å². The third kappa shape index (κ3) is 2.62. The lowest BCUT2D eigenvalue weighted by Crippen LogP contribution is -2.50. The average Bonchev–Trinajstić information content (AvgIpc) is 3.30. The summed E-state index contributed by atoms with van der Waals surface area (Å²) in [6, 6.07) is 5.08. The summed E-state index contributed by atoms with van der Waals surface area (Å²) in [5.74, 6) is -0.683. The Bertz CT molecular complexity index is 798. The Morgan fingerprint density at radius 1 is 1.45 bits per heavy atom. The van der Waals surface area contributed by atoms with E-state index in [0.717, 1.165) is 12.8 Å². The third-order valence-electron chi connectivity index (χ3n) is 4.26. The van der Waals surface area contributed by atoms with E-state index in [1.54, 1.807) is 6.92 Å². The maximum atomic E-state index is 13.3. The molecular weight excluding hydrogens is 287 g/mol. The molecular formula is C16H17FN2O3. The third-order valence-corrected chi connectivity index (χ3v) is 4.26. The maximum absolute atomic E-state index is 13.3. The first-order valence-electron chi connectivity index (χ1n) is 7.19. The van der Waals surface area contributed by atoms with E-state index in [2.05, 4.69) is 10.3 Å². The number of carbonyl (C=O) groups excluding carboxylic acids is 1. The van der Waals surface area contributed by atoms with Crippen molar-refractivity contribution in [2.24, 2.45) is 5.92 Å². The van der Waals surface area contributed by atoms with Gasteiger partial charge in [-0.3, -0.25) is 9.59 Å². The number of pyridine rings is 1. The van der Waals surface area contributed by atoms with Crippen LogP contribution in [0.15, 0.2) is 29.1 Å². The molecule has 1 aromatic carbocycles. The van der Waals surface area contributed by atoms with E-state index in [1.165, 1.54) is 24.3 Å². The van der Waals surface area contributed by atoms with E-state index in [-0.39, 0.29) is 23.6 Å². The van der Waals surface area contributed by atoms with Gasteiger partial charge in [-0.2, -0.15) is 0 Å². The number of aromatic amines is 1. The highest BCUT2D eigenvalue weighted by Crippen LogP contribution is 2.39. The number of aliphatic hydroxyl groups excluding tert-OH is 1. The summed E-state index contributed by atoms with van der Waals surface area (Å²) in [6.45, 7) is 1.62. The van der Waals surface area contributed by atoms with Gasteiger partial charge in [-0.05, 0) is 43.9 Å². The summed E-state index contributed by atoms with van der Waals surface area (Å²) in [5, 5.41) is 12.9. The van der Waals surface area contributed by atoms with Gasteiger partial charge in [0.2, 0.25) is 5.56 Å². The van der Waals surface area contributed by atoms with Gasteiger partial charge in [0.05, 0.1) is 23.2 Å². The Labute approximate surface area is 126 Å². The van der Waals surface area contributed by atoms with Crippen LogP contribution in [0, 0.1) is 11.7 Å². The number of carbonyl (C=O) groups is 1. The van der Waals surface area contributed by atoms with E-state index >= 15 is 0 Å². The summed E-state index contributed by atoms with van der Waals surface area (Å²) in [6.07, 6.45) is 1.91. The van der Waals surface area contributed by atoms with Crippen molar-refractivity contribution in [2.75, 3.05) is 6.61 Å². The fourth-order valence-corrected chi connectivity index (χ4v) is 2.74. The summed E-state index contributed by atoms with van der Waals surface area (Å²) >= 11 is 0. The molecule has 6 heteroatoms. The molecule has 1 heterocycles. The van der Waals surface area contributed by atoms with Crippen molar-refractivity contribution in [2.45, 2.75) is 25.3 Å². The smallest absolute Gasteiger partial charge is 0.252 e. The van der Waals surface area contributed by atoms with Crippen molar-refractivity contribution < 1.29 is 14.3 Å². The van der Waals surface area contributed by atoms with Gasteiger partial charge in [0, 0.05) is 11.5 Å². The molecule has 5 nitrogen and oxygen atoms in total. The SMILES string of the molecule is CC(CO)(NC(=O)c1cc(=O)[nH]c2cc(F)ccc12)C1CC1. The number of fused-ring (bicyclic) bond motifs is 1. The maximum Gasteiger partial charge on any atom is 0.252 e. The second kappa shape index (κ2) is 5.21. The minimum Gasteiger partial charge on any atom is -0.394 e. The molecule has 0 saturated heterocycles. The number of aromatic nitrogens is 1. The zero-order valence-corrected chi connectivity index (χ0v) is 12.1. The second-order valence-electron chi connectivity index (χ2n) is 6.04. The molecule has 3 rings (SSSR count). The van der Waals surface area contributed by atoms with Gasteiger partial charge in [-0.15, -0.1) is 0 Å². The molecule has 1 saturated carbocycles. The van der Waals surface area contributed by atoms with Crippen LogP contribution in [0.5, 0.6) is 0 Å². The van der Waals surface area contributed by atoms with Crippen molar-refractivity contribution in [3.63, 3.8) is 0 Å². The van der Waals surface area contributed by atoms with Crippen LogP contribution in [0.25, 0.3) is 10.9 Å². The van der Waals surface area contributed by atoms with Crippen LogP contribution >= 0.6 is 0 Å². The Morgan fingerprint density at radius 3 is 2.82 bits per heavy atom. The lowest BCUT2D eigenvalue weighted by Gasteiger charge is -2.29. The second-order valence-corrected chi connectivity index (χ2v) is 6.04. The van der Waals surface area contributed by atoms with E-state index in [9.17, 15) is 19.1 Å². The number of hydrogen-bond donors (Lipinski definition) is 3. The Hall–Kier alpha value is -2.21. The molecule has 0 aliphatic heterocycles. The number of nitrogens with one attached hydrogen (secondary N) is 2. The Morgan fingerprint density at radius 2 is 2.18 bits per heavy atom. The molecule has 2 aromatic rings. The van der Waals surface area contributed by atoms with Gasteiger partial charge in [-0.25, -0.2) is 4.39 Å². The predicted octanol–water partition coefficient (Wildman–Crippen LogP) is 1.56. The van der Waals surface area contributed by atoms with Crippen molar-refractivity contribution in [1.29, 1.82) is 0 Å². The molecule has 1 aromatic heterocycles. The topological polar surface area (TPSA) is 82.2 Å². The van der Waals surface area contributed by atoms with Crippen LogP contribution in [0.1, 0.15) is 30.1 Å². The first kappa shape index (κ1) is 14.7. The number of benzene rings is 1. The number of hydrogen-bond acceptors (Lipinski definition) is 3. The first-order chi connectivity index (χ1) is 10.4. The van der Waals surface area contributed by atoms with Crippen molar-refractivity contribution in [3.05, 3.63) is 46.0 Å². The zero-order chi connectivity index (χ0) is 15.9. The number of amides is 1. The summed E-state index contributed by atoms with van der Waals surface area (Å²) < 4.78 is 13.3. The highest BCUT2D eigenvalue weighted by molar-refractivity contribution is 6.06. The van der Waals surface area contributed by atoms with Crippen LogP contribution in [0.2, 0.25) is 0 Å². The van der Waals surface area contributed by atoms with Crippen molar-refractivity contribution in [1.82, 2.24) is 10.3 Å². The average molecular weight is 304 g/mol. The Balaban J connectivity index is 2.02. The van der Waals surface area contributed by atoms with Gasteiger partial charge in [0.1, 0.15) is 5.82 Å². The van der Waals surface area contributed by atoms with Crippen molar-refractivity contribution in [3.8, 4) is 0 Å². The summed E-state index contributed by atoms with van der Waals surface area (Å²) in [4.78, 5) is 26.7. The van der Waals surface area contributed by atoms with Crippen LogP contribution in [-0.4, -0.2) is 28.1 Å². The molecule has 1 atom stereocenters. The van der Waals surface area contributed by atoms with Crippen LogP contribution in [0.4, 0.5) is 4.39 Å². The number of halogens is 1. The monoisotopic (exact) mass is 304 g/mol. The molecule has 0 radical (unpaired) electrons. The highest BCUT2D eigenvalue weighted by Gasteiger charge is 2.42. The van der Waals surface area contributed by atoms with E-state index in [1.807, 2.05) is 0 Å². The molecule has 1 unspecified atom stereocenters. The molecule has 0 bridgehead atoms. The predicted molar refractivity (Wildman–Crippen MR) is 80.2 cm³/mol. The largest absolute Gasteiger partial charge is 0.394 e. The summed E-state index contributed by atoms with van der Waals surface area (Å²) in [7, 11) is 0. The van der Waals surface area contributed by atoms with E-state index < -0.39 is 22.8 Å². The summed E-state index contributed by atoms with van der Waals surface area (Å²) in [5.41, 5.74) is -0.722. The van der Waals surface area contributed by atoms with Gasteiger partial charge >= 0.3 is 0 Å². The number of rotatable bonds is 4. The van der Waals surface area contributed by atoms with Crippen LogP contribution < -0.4 is 10.9 Å². The normalized spacial score (nSPS) is 17.2.